The number of aryl methyl sites for hydroxylation is 1. The Morgan fingerprint density at radius 1 is 1.29 bits per heavy atom. The second-order valence-corrected chi connectivity index (χ2v) is 4.88. The van der Waals surface area contributed by atoms with Gasteiger partial charge < -0.3 is 10.5 Å². The molecule has 0 radical (unpaired) electrons. The van der Waals surface area contributed by atoms with Crippen LogP contribution in [0, 0.1) is 24.6 Å². The summed E-state index contributed by atoms with van der Waals surface area (Å²) in [5, 5.41) is 0.359. The second kappa shape index (κ2) is 7.12. The van der Waals surface area contributed by atoms with Gasteiger partial charge in [0, 0.05) is 11.1 Å². The molecule has 21 heavy (non-hydrogen) atoms. The van der Waals surface area contributed by atoms with Crippen LogP contribution in [0.25, 0.3) is 0 Å². The number of ether oxygens (including phenoxy) is 1. The van der Waals surface area contributed by atoms with E-state index in [0.29, 0.717) is 22.9 Å². The molecule has 2 aromatic rings. The van der Waals surface area contributed by atoms with Crippen molar-refractivity contribution in [3.63, 3.8) is 0 Å². The summed E-state index contributed by atoms with van der Waals surface area (Å²) in [5.41, 5.74) is 7.48. The van der Waals surface area contributed by atoms with Crippen LogP contribution >= 0.6 is 11.6 Å². The molecule has 0 unspecified atom stereocenters. The predicted molar refractivity (Wildman–Crippen MR) is 82.9 cm³/mol. The standard InChI is InChI=1S/C17H15ClFNO/c1-12-10-13(4-3-9-20)7-8-17(12)21-11-14-15(18)5-2-6-16(14)19/h2,5-8,10H,9,11,20H2,1H3. The van der Waals surface area contributed by atoms with Crippen molar-refractivity contribution in [2.45, 2.75) is 13.5 Å². The first-order chi connectivity index (χ1) is 10.1. The van der Waals surface area contributed by atoms with Gasteiger partial charge in [-0.2, -0.15) is 0 Å². The fourth-order valence-corrected chi connectivity index (χ4v) is 2.08. The minimum atomic E-state index is -0.370. The Balaban J connectivity index is 2.14. The van der Waals surface area contributed by atoms with Crippen LogP contribution in [0.4, 0.5) is 4.39 Å². The smallest absolute Gasteiger partial charge is 0.131 e. The van der Waals surface area contributed by atoms with Gasteiger partial charge in [0.25, 0.3) is 0 Å². The maximum Gasteiger partial charge on any atom is 0.131 e. The lowest BCUT2D eigenvalue weighted by molar-refractivity contribution is 0.298. The van der Waals surface area contributed by atoms with Gasteiger partial charge in [0.2, 0.25) is 0 Å². The fourth-order valence-electron chi connectivity index (χ4n) is 1.86. The normalized spacial score (nSPS) is 9.90. The van der Waals surface area contributed by atoms with E-state index in [2.05, 4.69) is 11.8 Å². The quantitative estimate of drug-likeness (QED) is 0.878. The number of benzene rings is 2. The van der Waals surface area contributed by atoms with Crippen LogP contribution in [0.5, 0.6) is 5.75 Å². The third-order valence-electron chi connectivity index (χ3n) is 2.94. The summed E-state index contributed by atoms with van der Waals surface area (Å²) in [5.74, 6) is 6.05. The van der Waals surface area contributed by atoms with Gasteiger partial charge in [0.1, 0.15) is 18.2 Å². The monoisotopic (exact) mass is 303 g/mol. The van der Waals surface area contributed by atoms with Crippen LogP contribution in [0.1, 0.15) is 16.7 Å². The molecule has 0 amide bonds. The first-order valence-corrected chi connectivity index (χ1v) is 6.85. The third-order valence-corrected chi connectivity index (χ3v) is 3.30. The summed E-state index contributed by atoms with van der Waals surface area (Å²) in [7, 11) is 0. The molecule has 0 saturated carbocycles. The summed E-state index contributed by atoms with van der Waals surface area (Å²) >= 11 is 5.97. The minimum absolute atomic E-state index is 0.0835. The Kier molecular flexibility index (Phi) is 5.21. The molecule has 0 saturated heterocycles. The van der Waals surface area contributed by atoms with E-state index < -0.39 is 0 Å². The molecule has 0 spiro atoms. The lowest BCUT2D eigenvalue weighted by atomic mass is 10.1. The zero-order chi connectivity index (χ0) is 15.2. The van der Waals surface area contributed by atoms with Gasteiger partial charge in [-0.05, 0) is 42.8 Å². The maximum absolute atomic E-state index is 13.7. The molecule has 2 rings (SSSR count). The van der Waals surface area contributed by atoms with E-state index in [1.54, 1.807) is 12.1 Å². The topological polar surface area (TPSA) is 35.2 Å². The van der Waals surface area contributed by atoms with Crippen molar-refractivity contribution in [3.8, 4) is 17.6 Å². The van der Waals surface area contributed by atoms with Crippen LogP contribution in [0.3, 0.4) is 0 Å². The van der Waals surface area contributed by atoms with Gasteiger partial charge in [-0.25, -0.2) is 4.39 Å². The lowest BCUT2D eigenvalue weighted by Gasteiger charge is -2.11. The zero-order valence-electron chi connectivity index (χ0n) is 11.6. The molecule has 0 heterocycles. The number of rotatable bonds is 3. The molecule has 0 aliphatic heterocycles. The maximum atomic E-state index is 13.7. The highest BCUT2D eigenvalue weighted by Gasteiger charge is 2.08. The van der Waals surface area contributed by atoms with Crippen molar-refractivity contribution in [1.29, 1.82) is 0 Å². The molecule has 2 aromatic carbocycles. The third kappa shape index (κ3) is 3.98. The summed E-state index contributed by atoms with van der Waals surface area (Å²) in [6.07, 6.45) is 0. The minimum Gasteiger partial charge on any atom is -0.488 e. The molecule has 0 aliphatic carbocycles. The van der Waals surface area contributed by atoms with Gasteiger partial charge in [-0.1, -0.05) is 29.5 Å². The van der Waals surface area contributed by atoms with Gasteiger partial charge >= 0.3 is 0 Å². The molecular weight excluding hydrogens is 289 g/mol. The number of hydrogen-bond donors (Lipinski definition) is 1. The molecule has 0 aromatic heterocycles. The van der Waals surface area contributed by atoms with Crippen molar-refractivity contribution in [1.82, 2.24) is 0 Å². The summed E-state index contributed by atoms with van der Waals surface area (Å²) < 4.78 is 19.3. The van der Waals surface area contributed by atoms with Crippen molar-refractivity contribution in [2.24, 2.45) is 5.73 Å². The summed E-state index contributed by atoms with van der Waals surface area (Å²) in [6.45, 7) is 2.31. The second-order valence-electron chi connectivity index (χ2n) is 4.48. The Morgan fingerprint density at radius 2 is 2.10 bits per heavy atom. The Labute approximate surface area is 128 Å². The van der Waals surface area contributed by atoms with Gasteiger partial charge in [0.15, 0.2) is 0 Å². The SMILES string of the molecule is Cc1cc(C#CCN)ccc1OCc1c(F)cccc1Cl. The zero-order valence-corrected chi connectivity index (χ0v) is 12.4. The van der Waals surface area contributed by atoms with Crippen LogP contribution in [-0.2, 0) is 6.61 Å². The average molecular weight is 304 g/mol. The summed E-state index contributed by atoms with van der Waals surface area (Å²) in [6, 6.07) is 10.1. The van der Waals surface area contributed by atoms with E-state index in [1.807, 2.05) is 25.1 Å². The highest BCUT2D eigenvalue weighted by Crippen LogP contribution is 2.24. The Bertz CT molecular complexity index is 683. The number of nitrogens with two attached hydrogens (primary N) is 1. The van der Waals surface area contributed by atoms with Crippen LogP contribution in [0.2, 0.25) is 5.02 Å². The van der Waals surface area contributed by atoms with E-state index in [-0.39, 0.29) is 12.4 Å². The van der Waals surface area contributed by atoms with Gasteiger partial charge in [0.05, 0.1) is 11.6 Å². The average Bonchev–Trinajstić information content (AvgIpc) is 2.46. The molecule has 0 aliphatic rings. The van der Waals surface area contributed by atoms with Crippen molar-refractivity contribution in [2.75, 3.05) is 6.54 Å². The van der Waals surface area contributed by atoms with E-state index in [1.165, 1.54) is 6.07 Å². The lowest BCUT2D eigenvalue weighted by Crippen LogP contribution is -2.01. The molecular formula is C17H15ClFNO. The van der Waals surface area contributed by atoms with E-state index in [0.717, 1.165) is 11.1 Å². The van der Waals surface area contributed by atoms with Crippen molar-refractivity contribution >= 4 is 11.6 Å². The van der Waals surface area contributed by atoms with Crippen LogP contribution < -0.4 is 10.5 Å². The van der Waals surface area contributed by atoms with E-state index >= 15 is 0 Å². The van der Waals surface area contributed by atoms with E-state index in [4.69, 9.17) is 22.1 Å². The molecule has 4 heteroatoms. The van der Waals surface area contributed by atoms with Crippen LogP contribution in [-0.4, -0.2) is 6.54 Å². The first kappa shape index (κ1) is 15.4. The molecule has 0 atom stereocenters. The van der Waals surface area contributed by atoms with Crippen molar-refractivity contribution in [3.05, 3.63) is 63.9 Å². The Morgan fingerprint density at radius 3 is 2.76 bits per heavy atom. The van der Waals surface area contributed by atoms with Crippen molar-refractivity contribution < 1.29 is 9.13 Å². The Hall–Kier alpha value is -2.02. The van der Waals surface area contributed by atoms with Gasteiger partial charge in [-0.15, -0.1) is 0 Å². The summed E-state index contributed by atoms with van der Waals surface area (Å²) in [4.78, 5) is 0. The molecule has 0 bridgehead atoms. The predicted octanol–water partition coefficient (Wildman–Crippen LogP) is 3.68. The molecule has 108 valence electrons. The van der Waals surface area contributed by atoms with Crippen LogP contribution in [0.15, 0.2) is 36.4 Å². The highest BCUT2D eigenvalue weighted by molar-refractivity contribution is 6.31. The molecule has 0 fully saturated rings. The first-order valence-electron chi connectivity index (χ1n) is 6.47. The van der Waals surface area contributed by atoms with Gasteiger partial charge in [-0.3, -0.25) is 0 Å². The molecule has 2 N–H and O–H groups in total. The number of halogens is 2. The molecule has 2 nitrogen and oxygen atoms in total. The van der Waals surface area contributed by atoms with E-state index in [9.17, 15) is 4.39 Å². The largest absolute Gasteiger partial charge is 0.488 e. The fraction of sp³-hybridized carbons (Fsp3) is 0.176. The number of hydrogen-bond acceptors (Lipinski definition) is 2. The highest BCUT2D eigenvalue weighted by atomic mass is 35.5.